The highest BCUT2D eigenvalue weighted by molar-refractivity contribution is 8.93. The van der Waals surface area contributed by atoms with Crippen molar-refractivity contribution in [2.24, 2.45) is 18.2 Å². The van der Waals surface area contributed by atoms with E-state index < -0.39 is 5.91 Å². The average Bonchev–Trinajstić information content (AvgIpc) is 3.31. The molecule has 148 valence electrons. The van der Waals surface area contributed by atoms with E-state index in [1.165, 1.54) is 19.3 Å². The molecular formula is C19H24BrN7O. The lowest BCUT2D eigenvalue weighted by molar-refractivity contribution is 0.1000. The van der Waals surface area contributed by atoms with E-state index in [4.69, 9.17) is 5.73 Å². The molecule has 1 saturated heterocycles. The second-order valence-corrected chi connectivity index (χ2v) is 7.80. The predicted molar refractivity (Wildman–Crippen MR) is 113 cm³/mol. The van der Waals surface area contributed by atoms with E-state index in [-0.39, 0.29) is 28.4 Å². The van der Waals surface area contributed by atoms with Crippen LogP contribution >= 0.6 is 17.0 Å². The van der Waals surface area contributed by atoms with Crippen LogP contribution in [-0.4, -0.2) is 44.4 Å². The predicted octanol–water partition coefficient (Wildman–Crippen LogP) is 1.97. The molecule has 2 fully saturated rings. The van der Waals surface area contributed by atoms with Gasteiger partial charge in [0.05, 0.1) is 29.2 Å². The van der Waals surface area contributed by atoms with Gasteiger partial charge in [0.2, 0.25) is 0 Å². The number of aromatic nitrogens is 4. The molecule has 9 heteroatoms. The zero-order valence-corrected chi connectivity index (χ0v) is 17.4. The van der Waals surface area contributed by atoms with Gasteiger partial charge in [-0.25, -0.2) is 4.52 Å². The maximum atomic E-state index is 12.1. The standard InChI is InChI=1S/C19H23N7O.BrH/c1-25-9-13(6-22-25)12-5-15-17(14(18(20)27)7-23-26(15)10-12)24-16-8-21-11-19(16)3-2-4-19;/h5-7,9-10,16,21,24H,2-4,8,11H2,1H3,(H2,20,27);1H. The van der Waals surface area contributed by atoms with Crippen LogP contribution in [0.5, 0.6) is 0 Å². The quantitative estimate of drug-likeness (QED) is 0.569. The van der Waals surface area contributed by atoms with E-state index in [0.29, 0.717) is 5.56 Å². The van der Waals surface area contributed by atoms with Crippen molar-refractivity contribution in [2.75, 3.05) is 18.4 Å². The van der Waals surface area contributed by atoms with Crippen molar-refractivity contribution in [2.45, 2.75) is 25.3 Å². The molecular weight excluding hydrogens is 422 g/mol. The van der Waals surface area contributed by atoms with Gasteiger partial charge in [0.15, 0.2) is 0 Å². The molecule has 1 aliphatic carbocycles. The highest BCUT2D eigenvalue weighted by Gasteiger charge is 2.47. The normalized spacial score (nSPS) is 20.1. The number of nitrogens with two attached hydrogens (primary N) is 1. The van der Waals surface area contributed by atoms with Crippen LogP contribution in [0.3, 0.4) is 0 Å². The van der Waals surface area contributed by atoms with Crippen LogP contribution in [0.1, 0.15) is 29.6 Å². The van der Waals surface area contributed by atoms with Gasteiger partial charge in [-0.3, -0.25) is 9.48 Å². The fourth-order valence-corrected chi connectivity index (χ4v) is 4.46. The number of aryl methyl sites for hydroxylation is 1. The van der Waals surface area contributed by atoms with Crippen molar-refractivity contribution in [1.82, 2.24) is 24.7 Å². The van der Waals surface area contributed by atoms with Gasteiger partial charge in [-0.1, -0.05) is 6.42 Å². The Kier molecular flexibility index (Phi) is 4.67. The fourth-order valence-electron chi connectivity index (χ4n) is 4.46. The van der Waals surface area contributed by atoms with Crippen LogP contribution in [0.4, 0.5) is 5.69 Å². The van der Waals surface area contributed by atoms with Crippen LogP contribution in [0.25, 0.3) is 16.6 Å². The van der Waals surface area contributed by atoms with Gasteiger partial charge in [0.1, 0.15) is 0 Å². The van der Waals surface area contributed by atoms with E-state index in [2.05, 4.69) is 20.8 Å². The van der Waals surface area contributed by atoms with E-state index in [0.717, 1.165) is 35.4 Å². The third kappa shape index (κ3) is 2.89. The fraction of sp³-hybridized carbons (Fsp3) is 0.421. The molecule has 1 unspecified atom stereocenters. The lowest BCUT2D eigenvalue weighted by Crippen LogP contribution is -2.45. The minimum atomic E-state index is -0.467. The molecule has 8 nitrogen and oxygen atoms in total. The van der Waals surface area contributed by atoms with Crippen LogP contribution in [0.15, 0.2) is 30.9 Å². The summed E-state index contributed by atoms with van der Waals surface area (Å²) < 4.78 is 3.57. The van der Waals surface area contributed by atoms with E-state index in [1.54, 1.807) is 15.4 Å². The summed E-state index contributed by atoms with van der Waals surface area (Å²) in [7, 11) is 1.89. The SMILES string of the molecule is Br.Cn1cc(-c2cc3c(NC4CNCC45CCC5)c(C(N)=O)cnn3c2)cn1. The van der Waals surface area contributed by atoms with Crippen molar-refractivity contribution >= 4 is 34.1 Å². The minimum Gasteiger partial charge on any atom is -0.378 e. The minimum absolute atomic E-state index is 0. The smallest absolute Gasteiger partial charge is 0.252 e. The summed E-state index contributed by atoms with van der Waals surface area (Å²) in [5.41, 5.74) is 10.0. The zero-order valence-electron chi connectivity index (χ0n) is 15.7. The van der Waals surface area contributed by atoms with Gasteiger partial charge in [0, 0.05) is 55.1 Å². The maximum absolute atomic E-state index is 12.1. The number of carbonyl (C=O) groups is 1. The van der Waals surface area contributed by atoms with Gasteiger partial charge in [-0.15, -0.1) is 17.0 Å². The molecule has 3 aromatic rings. The molecule has 5 rings (SSSR count). The van der Waals surface area contributed by atoms with Gasteiger partial charge in [0.25, 0.3) is 5.91 Å². The molecule has 3 aromatic heterocycles. The number of carbonyl (C=O) groups excluding carboxylic acids is 1. The Morgan fingerprint density at radius 3 is 2.75 bits per heavy atom. The monoisotopic (exact) mass is 445 g/mol. The van der Waals surface area contributed by atoms with Gasteiger partial charge < -0.3 is 16.4 Å². The number of fused-ring (bicyclic) bond motifs is 1. The zero-order chi connectivity index (χ0) is 18.6. The molecule has 0 radical (unpaired) electrons. The van der Waals surface area contributed by atoms with E-state index in [9.17, 15) is 4.79 Å². The Hall–Kier alpha value is -2.39. The van der Waals surface area contributed by atoms with Crippen LogP contribution in [-0.2, 0) is 7.05 Å². The first-order valence-corrected chi connectivity index (χ1v) is 9.33. The second kappa shape index (κ2) is 6.89. The number of nitrogens with one attached hydrogen (secondary N) is 2. The molecule has 1 aliphatic heterocycles. The number of nitrogens with zero attached hydrogens (tertiary/aromatic N) is 4. The topological polar surface area (TPSA) is 102 Å². The number of primary amides is 1. The van der Waals surface area contributed by atoms with Crippen molar-refractivity contribution in [1.29, 1.82) is 0 Å². The number of anilines is 1. The first-order valence-electron chi connectivity index (χ1n) is 9.33. The summed E-state index contributed by atoms with van der Waals surface area (Å²) in [6.45, 7) is 1.92. The van der Waals surface area contributed by atoms with Crippen molar-refractivity contribution in [3.8, 4) is 11.1 Å². The number of hydrogen-bond acceptors (Lipinski definition) is 5. The van der Waals surface area contributed by atoms with E-state index in [1.807, 2.05) is 31.7 Å². The second-order valence-electron chi connectivity index (χ2n) is 7.80. The molecule has 28 heavy (non-hydrogen) atoms. The molecule has 1 atom stereocenters. The molecule has 0 bridgehead atoms. The Balaban J connectivity index is 0.00000192. The highest BCUT2D eigenvalue weighted by Crippen LogP contribution is 2.47. The Morgan fingerprint density at radius 2 is 2.11 bits per heavy atom. The number of halogens is 1. The summed E-state index contributed by atoms with van der Waals surface area (Å²) in [6.07, 6.45) is 11.0. The maximum Gasteiger partial charge on any atom is 0.252 e. The van der Waals surface area contributed by atoms with Gasteiger partial charge in [-0.05, 0) is 18.9 Å². The van der Waals surface area contributed by atoms with Crippen molar-refractivity contribution in [3.63, 3.8) is 0 Å². The van der Waals surface area contributed by atoms with Crippen molar-refractivity contribution < 1.29 is 4.79 Å². The summed E-state index contributed by atoms with van der Waals surface area (Å²) in [5, 5.41) is 15.8. The third-order valence-electron chi connectivity index (χ3n) is 6.17. The first kappa shape index (κ1) is 18.9. The van der Waals surface area contributed by atoms with Gasteiger partial charge >= 0.3 is 0 Å². The van der Waals surface area contributed by atoms with Crippen LogP contribution in [0.2, 0.25) is 0 Å². The van der Waals surface area contributed by atoms with Crippen LogP contribution < -0.4 is 16.4 Å². The largest absolute Gasteiger partial charge is 0.378 e. The Labute approximate surface area is 173 Å². The summed E-state index contributed by atoms with van der Waals surface area (Å²) in [5.74, 6) is -0.467. The number of amides is 1. The summed E-state index contributed by atoms with van der Waals surface area (Å²) in [4.78, 5) is 12.1. The van der Waals surface area contributed by atoms with Crippen molar-refractivity contribution in [3.05, 3.63) is 36.4 Å². The summed E-state index contributed by atoms with van der Waals surface area (Å²) >= 11 is 0. The highest BCUT2D eigenvalue weighted by atomic mass is 79.9. The molecule has 1 amide bonds. The molecule has 0 aromatic carbocycles. The van der Waals surface area contributed by atoms with E-state index >= 15 is 0 Å². The van der Waals surface area contributed by atoms with Gasteiger partial charge in [-0.2, -0.15) is 10.2 Å². The molecule has 1 saturated carbocycles. The lowest BCUT2D eigenvalue weighted by atomic mass is 9.65. The number of rotatable bonds is 4. The average molecular weight is 446 g/mol. The Bertz CT molecular complexity index is 1040. The molecule has 1 spiro atoms. The van der Waals surface area contributed by atoms with Crippen LogP contribution in [0, 0.1) is 5.41 Å². The lowest BCUT2D eigenvalue weighted by Gasteiger charge is -2.43. The molecule has 4 heterocycles. The molecule has 4 N–H and O–H groups in total. The molecule has 2 aliphatic rings. The first-order chi connectivity index (χ1) is 13.1. The Morgan fingerprint density at radius 1 is 1.29 bits per heavy atom. The number of hydrogen-bond donors (Lipinski definition) is 3. The summed E-state index contributed by atoms with van der Waals surface area (Å²) in [6, 6.07) is 2.32. The third-order valence-corrected chi connectivity index (χ3v) is 6.17.